The fourth-order valence-electron chi connectivity index (χ4n) is 1.39. The lowest BCUT2D eigenvalue weighted by Gasteiger charge is -2.09. The van der Waals surface area contributed by atoms with Gasteiger partial charge in [-0.1, -0.05) is 30.3 Å². The fraction of sp³-hybridized carbons (Fsp3) is 0.333. The van der Waals surface area contributed by atoms with Gasteiger partial charge in [-0.05, 0) is 5.56 Å². The number of rotatable bonds is 1. The van der Waals surface area contributed by atoms with Crippen molar-refractivity contribution in [3.63, 3.8) is 0 Å². The van der Waals surface area contributed by atoms with Crippen LogP contribution >= 0.6 is 0 Å². The molecule has 1 heterocycles. The molecule has 0 saturated carbocycles. The molecule has 0 bridgehead atoms. The smallest absolute Gasteiger partial charge is 0.0836 e. The summed E-state index contributed by atoms with van der Waals surface area (Å²) in [5, 5.41) is 6.72. The van der Waals surface area contributed by atoms with Gasteiger partial charge in [0.15, 0.2) is 0 Å². The average Bonchev–Trinajstić information content (AvgIpc) is 2.58. The summed E-state index contributed by atoms with van der Waals surface area (Å²) in [6.07, 6.45) is 0.371. The van der Waals surface area contributed by atoms with E-state index in [1.807, 2.05) is 6.07 Å². The Morgan fingerprint density at radius 1 is 1.00 bits per heavy atom. The molecule has 1 aliphatic heterocycles. The van der Waals surface area contributed by atoms with E-state index in [4.69, 9.17) is 0 Å². The molecule has 2 nitrogen and oxygen atoms in total. The molecule has 11 heavy (non-hydrogen) atoms. The number of hydrogen-bond acceptors (Lipinski definition) is 2. The second kappa shape index (κ2) is 3.03. The summed E-state index contributed by atoms with van der Waals surface area (Å²) in [6.45, 7) is 2.14. The van der Waals surface area contributed by atoms with Crippen molar-refractivity contribution in [3.05, 3.63) is 35.9 Å². The van der Waals surface area contributed by atoms with Crippen molar-refractivity contribution >= 4 is 0 Å². The Balaban J connectivity index is 2.16. The fourth-order valence-corrected chi connectivity index (χ4v) is 1.39. The minimum absolute atomic E-state index is 0.371. The molecule has 1 aromatic rings. The van der Waals surface area contributed by atoms with Gasteiger partial charge in [0, 0.05) is 13.1 Å². The first-order valence-corrected chi connectivity index (χ1v) is 3.98. The zero-order chi connectivity index (χ0) is 7.52. The molecule has 1 fully saturated rings. The Morgan fingerprint density at radius 3 is 2.27 bits per heavy atom. The molecule has 1 aromatic carbocycles. The largest absolute Gasteiger partial charge is 0.297 e. The highest BCUT2D eigenvalue weighted by Crippen LogP contribution is 2.10. The highest BCUT2D eigenvalue weighted by molar-refractivity contribution is 5.18. The molecule has 0 aromatic heterocycles. The molecule has 1 aliphatic rings. The molecule has 0 radical (unpaired) electrons. The molecule has 0 aliphatic carbocycles. The lowest BCUT2D eigenvalue weighted by Crippen LogP contribution is -2.20. The van der Waals surface area contributed by atoms with Crippen LogP contribution in [-0.4, -0.2) is 13.1 Å². The molecular formula is C9H12N2. The van der Waals surface area contributed by atoms with E-state index in [9.17, 15) is 0 Å². The van der Waals surface area contributed by atoms with Crippen molar-refractivity contribution in [1.29, 1.82) is 0 Å². The molecule has 0 atom stereocenters. The summed E-state index contributed by atoms with van der Waals surface area (Å²) in [7, 11) is 0. The summed E-state index contributed by atoms with van der Waals surface area (Å²) in [4.78, 5) is 0. The van der Waals surface area contributed by atoms with Crippen LogP contribution < -0.4 is 10.6 Å². The summed E-state index contributed by atoms with van der Waals surface area (Å²) in [5.74, 6) is 0. The standard InChI is InChI=1S/C9H12N2/c1-2-4-8(5-3-1)9-10-6-7-11-9/h1-5,9-11H,6-7H2. The maximum Gasteiger partial charge on any atom is 0.0836 e. The van der Waals surface area contributed by atoms with Gasteiger partial charge >= 0.3 is 0 Å². The second-order valence-corrected chi connectivity index (χ2v) is 2.75. The Morgan fingerprint density at radius 2 is 1.64 bits per heavy atom. The maximum atomic E-state index is 3.36. The van der Waals surface area contributed by atoms with Crippen molar-refractivity contribution in [2.75, 3.05) is 13.1 Å². The van der Waals surface area contributed by atoms with E-state index in [0.717, 1.165) is 13.1 Å². The highest BCUT2D eigenvalue weighted by Gasteiger charge is 2.13. The third-order valence-electron chi connectivity index (χ3n) is 1.95. The van der Waals surface area contributed by atoms with Crippen LogP contribution in [0.1, 0.15) is 11.7 Å². The van der Waals surface area contributed by atoms with Gasteiger partial charge in [-0.3, -0.25) is 10.6 Å². The third kappa shape index (κ3) is 1.42. The molecule has 0 spiro atoms. The topological polar surface area (TPSA) is 24.1 Å². The van der Waals surface area contributed by atoms with Gasteiger partial charge in [0.25, 0.3) is 0 Å². The van der Waals surface area contributed by atoms with E-state index in [0.29, 0.717) is 6.17 Å². The number of nitrogens with one attached hydrogen (secondary N) is 2. The first kappa shape index (κ1) is 6.83. The zero-order valence-corrected chi connectivity index (χ0v) is 6.38. The van der Waals surface area contributed by atoms with Crippen molar-refractivity contribution in [2.24, 2.45) is 0 Å². The van der Waals surface area contributed by atoms with E-state index >= 15 is 0 Å². The van der Waals surface area contributed by atoms with Crippen LogP contribution in [0.25, 0.3) is 0 Å². The molecule has 2 N–H and O–H groups in total. The lowest BCUT2D eigenvalue weighted by atomic mass is 10.2. The van der Waals surface area contributed by atoms with Crippen molar-refractivity contribution in [2.45, 2.75) is 6.17 Å². The van der Waals surface area contributed by atoms with Gasteiger partial charge in [-0.25, -0.2) is 0 Å². The van der Waals surface area contributed by atoms with Crippen molar-refractivity contribution < 1.29 is 0 Å². The first-order valence-electron chi connectivity index (χ1n) is 3.98. The van der Waals surface area contributed by atoms with Crippen LogP contribution in [0.2, 0.25) is 0 Å². The summed E-state index contributed by atoms with van der Waals surface area (Å²) in [5.41, 5.74) is 1.32. The van der Waals surface area contributed by atoms with Gasteiger partial charge in [0.2, 0.25) is 0 Å². The molecule has 0 unspecified atom stereocenters. The molecule has 2 heteroatoms. The minimum Gasteiger partial charge on any atom is -0.297 e. The summed E-state index contributed by atoms with van der Waals surface area (Å²) < 4.78 is 0. The van der Waals surface area contributed by atoms with Crippen LogP contribution in [0.15, 0.2) is 30.3 Å². The van der Waals surface area contributed by atoms with Gasteiger partial charge in [-0.2, -0.15) is 0 Å². The Bertz CT molecular complexity index is 214. The van der Waals surface area contributed by atoms with Gasteiger partial charge < -0.3 is 0 Å². The van der Waals surface area contributed by atoms with Crippen LogP contribution in [0.4, 0.5) is 0 Å². The van der Waals surface area contributed by atoms with E-state index in [1.54, 1.807) is 0 Å². The average molecular weight is 148 g/mol. The monoisotopic (exact) mass is 148 g/mol. The number of hydrogen-bond donors (Lipinski definition) is 2. The predicted octanol–water partition coefficient (Wildman–Crippen LogP) is 0.878. The number of benzene rings is 1. The minimum atomic E-state index is 0.371. The van der Waals surface area contributed by atoms with Crippen molar-refractivity contribution in [1.82, 2.24) is 10.6 Å². The molecule has 0 amide bonds. The highest BCUT2D eigenvalue weighted by atomic mass is 15.2. The summed E-state index contributed by atoms with van der Waals surface area (Å²) in [6, 6.07) is 10.4. The van der Waals surface area contributed by atoms with Crippen LogP contribution in [0.3, 0.4) is 0 Å². The van der Waals surface area contributed by atoms with E-state index in [1.165, 1.54) is 5.56 Å². The molecule has 58 valence electrons. The Kier molecular flexibility index (Phi) is 1.88. The van der Waals surface area contributed by atoms with E-state index < -0.39 is 0 Å². The normalized spacial score (nSPS) is 18.9. The van der Waals surface area contributed by atoms with Crippen LogP contribution in [0.5, 0.6) is 0 Å². The molecule has 1 saturated heterocycles. The molecule has 2 rings (SSSR count). The van der Waals surface area contributed by atoms with Crippen LogP contribution in [-0.2, 0) is 0 Å². The predicted molar refractivity (Wildman–Crippen MR) is 45.2 cm³/mol. The van der Waals surface area contributed by atoms with Crippen LogP contribution in [0, 0.1) is 0 Å². The lowest BCUT2D eigenvalue weighted by molar-refractivity contribution is 0.588. The third-order valence-corrected chi connectivity index (χ3v) is 1.95. The molecular weight excluding hydrogens is 136 g/mol. The van der Waals surface area contributed by atoms with Gasteiger partial charge in [-0.15, -0.1) is 0 Å². The Labute approximate surface area is 66.6 Å². The quantitative estimate of drug-likeness (QED) is 0.617. The maximum absolute atomic E-state index is 3.36. The van der Waals surface area contributed by atoms with Gasteiger partial charge in [0.1, 0.15) is 0 Å². The first-order chi connectivity index (χ1) is 5.47. The zero-order valence-electron chi connectivity index (χ0n) is 6.38. The summed E-state index contributed by atoms with van der Waals surface area (Å²) >= 11 is 0. The van der Waals surface area contributed by atoms with Crippen molar-refractivity contribution in [3.8, 4) is 0 Å². The van der Waals surface area contributed by atoms with E-state index in [2.05, 4.69) is 34.9 Å². The van der Waals surface area contributed by atoms with E-state index in [-0.39, 0.29) is 0 Å². The Hall–Kier alpha value is -0.860. The van der Waals surface area contributed by atoms with Gasteiger partial charge in [0.05, 0.1) is 6.17 Å². The second-order valence-electron chi connectivity index (χ2n) is 2.75. The SMILES string of the molecule is c1ccc(C2NCCN2)cc1.